The highest BCUT2D eigenvalue weighted by Gasteiger charge is 2.08. The minimum absolute atomic E-state index is 0.0214. The standard InChI is InChI=1S/C13H24N4O/c1-10(2)5-14-6-12-7-15-9-17(12)8-13(18)16-11(3)4/h7,9-11,14H,5-6,8H2,1-4H3,(H,16,18). The van der Waals surface area contributed by atoms with Crippen molar-refractivity contribution in [1.82, 2.24) is 20.2 Å². The van der Waals surface area contributed by atoms with Crippen molar-refractivity contribution < 1.29 is 4.79 Å². The number of amides is 1. The van der Waals surface area contributed by atoms with Crippen LogP contribution in [0.1, 0.15) is 33.4 Å². The number of hydrogen-bond donors (Lipinski definition) is 2. The van der Waals surface area contributed by atoms with Gasteiger partial charge in [-0.15, -0.1) is 0 Å². The van der Waals surface area contributed by atoms with E-state index in [0.717, 1.165) is 18.8 Å². The molecular formula is C13H24N4O. The third-order valence-electron chi connectivity index (χ3n) is 2.42. The molecular weight excluding hydrogens is 228 g/mol. The van der Waals surface area contributed by atoms with Crippen LogP contribution in [0.3, 0.4) is 0 Å². The Morgan fingerprint density at radius 2 is 2.11 bits per heavy atom. The van der Waals surface area contributed by atoms with E-state index in [1.807, 2.05) is 18.4 Å². The van der Waals surface area contributed by atoms with E-state index >= 15 is 0 Å². The third kappa shape index (κ3) is 5.31. The second kappa shape index (κ2) is 7.16. The van der Waals surface area contributed by atoms with Gasteiger partial charge in [-0.05, 0) is 26.3 Å². The Morgan fingerprint density at radius 1 is 1.39 bits per heavy atom. The zero-order valence-electron chi connectivity index (χ0n) is 11.7. The number of hydrogen-bond acceptors (Lipinski definition) is 3. The Labute approximate surface area is 109 Å². The van der Waals surface area contributed by atoms with Gasteiger partial charge in [-0.25, -0.2) is 4.98 Å². The molecule has 102 valence electrons. The summed E-state index contributed by atoms with van der Waals surface area (Å²) in [5, 5.41) is 6.22. The highest BCUT2D eigenvalue weighted by molar-refractivity contribution is 5.76. The predicted molar refractivity (Wildman–Crippen MR) is 72.1 cm³/mol. The van der Waals surface area contributed by atoms with Crippen LogP contribution in [0.2, 0.25) is 0 Å². The molecule has 5 heteroatoms. The van der Waals surface area contributed by atoms with E-state index in [0.29, 0.717) is 12.5 Å². The maximum absolute atomic E-state index is 11.7. The van der Waals surface area contributed by atoms with Gasteiger partial charge in [-0.3, -0.25) is 4.79 Å². The van der Waals surface area contributed by atoms with Gasteiger partial charge < -0.3 is 15.2 Å². The third-order valence-corrected chi connectivity index (χ3v) is 2.42. The van der Waals surface area contributed by atoms with Crippen molar-refractivity contribution in [3.05, 3.63) is 18.2 Å². The second-order valence-corrected chi connectivity index (χ2v) is 5.26. The molecule has 2 N–H and O–H groups in total. The normalized spacial score (nSPS) is 11.2. The summed E-state index contributed by atoms with van der Waals surface area (Å²) in [5.41, 5.74) is 1.04. The van der Waals surface area contributed by atoms with Gasteiger partial charge in [0.2, 0.25) is 5.91 Å². The number of rotatable bonds is 7. The molecule has 0 saturated heterocycles. The molecule has 0 bridgehead atoms. The first kappa shape index (κ1) is 14.7. The van der Waals surface area contributed by atoms with E-state index in [1.165, 1.54) is 0 Å². The minimum Gasteiger partial charge on any atom is -0.352 e. The fourth-order valence-electron chi connectivity index (χ4n) is 1.65. The molecule has 1 aromatic rings. The van der Waals surface area contributed by atoms with Crippen LogP contribution in [-0.4, -0.2) is 28.0 Å². The van der Waals surface area contributed by atoms with Gasteiger partial charge in [0.1, 0.15) is 6.54 Å². The summed E-state index contributed by atoms with van der Waals surface area (Å²) in [7, 11) is 0. The molecule has 0 aromatic carbocycles. The van der Waals surface area contributed by atoms with E-state index in [-0.39, 0.29) is 11.9 Å². The van der Waals surface area contributed by atoms with Gasteiger partial charge in [-0.2, -0.15) is 0 Å². The van der Waals surface area contributed by atoms with Crippen LogP contribution in [0.15, 0.2) is 12.5 Å². The fraction of sp³-hybridized carbons (Fsp3) is 0.692. The summed E-state index contributed by atoms with van der Waals surface area (Å²) in [6.07, 6.45) is 3.50. The first-order valence-corrected chi connectivity index (χ1v) is 6.48. The zero-order chi connectivity index (χ0) is 13.5. The Kier molecular flexibility index (Phi) is 5.85. The highest BCUT2D eigenvalue weighted by Crippen LogP contribution is 2.00. The van der Waals surface area contributed by atoms with Gasteiger partial charge in [0.25, 0.3) is 0 Å². The fourth-order valence-corrected chi connectivity index (χ4v) is 1.65. The molecule has 18 heavy (non-hydrogen) atoms. The lowest BCUT2D eigenvalue weighted by molar-refractivity contribution is -0.122. The summed E-state index contributed by atoms with van der Waals surface area (Å²) in [4.78, 5) is 15.8. The summed E-state index contributed by atoms with van der Waals surface area (Å²) >= 11 is 0. The largest absolute Gasteiger partial charge is 0.352 e. The van der Waals surface area contributed by atoms with Crippen molar-refractivity contribution in [2.24, 2.45) is 5.92 Å². The van der Waals surface area contributed by atoms with E-state index < -0.39 is 0 Å². The SMILES string of the molecule is CC(C)CNCc1cncn1CC(=O)NC(C)C. The summed E-state index contributed by atoms with van der Waals surface area (Å²) in [5.74, 6) is 0.638. The average molecular weight is 252 g/mol. The van der Waals surface area contributed by atoms with Crippen molar-refractivity contribution in [1.29, 1.82) is 0 Å². The molecule has 1 amide bonds. The van der Waals surface area contributed by atoms with Crippen molar-refractivity contribution in [2.75, 3.05) is 6.54 Å². The van der Waals surface area contributed by atoms with E-state index in [1.54, 1.807) is 12.5 Å². The minimum atomic E-state index is 0.0214. The number of carbonyl (C=O) groups excluding carboxylic acids is 1. The van der Waals surface area contributed by atoms with Crippen LogP contribution in [-0.2, 0) is 17.9 Å². The predicted octanol–water partition coefficient (Wildman–Crippen LogP) is 1.15. The monoisotopic (exact) mass is 252 g/mol. The van der Waals surface area contributed by atoms with Crippen LogP contribution in [0.25, 0.3) is 0 Å². The topological polar surface area (TPSA) is 59.0 Å². The Morgan fingerprint density at radius 3 is 2.72 bits per heavy atom. The lowest BCUT2D eigenvalue weighted by Gasteiger charge is -2.12. The van der Waals surface area contributed by atoms with Crippen LogP contribution in [0, 0.1) is 5.92 Å². The first-order chi connectivity index (χ1) is 8.49. The number of nitrogens with one attached hydrogen (secondary N) is 2. The van der Waals surface area contributed by atoms with Crippen molar-refractivity contribution in [3.8, 4) is 0 Å². The zero-order valence-corrected chi connectivity index (χ0v) is 11.7. The molecule has 1 heterocycles. The van der Waals surface area contributed by atoms with Gasteiger partial charge in [0, 0.05) is 18.8 Å². The van der Waals surface area contributed by atoms with Crippen molar-refractivity contribution >= 4 is 5.91 Å². The molecule has 0 unspecified atom stereocenters. The van der Waals surface area contributed by atoms with E-state index in [4.69, 9.17) is 0 Å². The number of nitrogens with zero attached hydrogens (tertiary/aromatic N) is 2. The molecule has 0 spiro atoms. The first-order valence-electron chi connectivity index (χ1n) is 6.48. The summed E-state index contributed by atoms with van der Waals surface area (Å²) < 4.78 is 1.88. The average Bonchev–Trinajstić information content (AvgIpc) is 2.63. The molecule has 0 aliphatic rings. The van der Waals surface area contributed by atoms with Crippen LogP contribution in [0.4, 0.5) is 0 Å². The highest BCUT2D eigenvalue weighted by atomic mass is 16.2. The van der Waals surface area contributed by atoms with Crippen LogP contribution < -0.4 is 10.6 Å². The molecule has 0 saturated carbocycles. The van der Waals surface area contributed by atoms with Gasteiger partial charge in [0.15, 0.2) is 0 Å². The summed E-state index contributed by atoms with van der Waals surface area (Å²) in [6, 6.07) is 0.170. The molecule has 1 aromatic heterocycles. The molecule has 0 aliphatic carbocycles. The smallest absolute Gasteiger partial charge is 0.240 e. The molecule has 0 radical (unpaired) electrons. The number of carbonyl (C=O) groups is 1. The Bertz CT molecular complexity index is 371. The molecule has 1 rings (SSSR count). The molecule has 5 nitrogen and oxygen atoms in total. The van der Waals surface area contributed by atoms with Gasteiger partial charge in [0.05, 0.1) is 12.0 Å². The van der Waals surface area contributed by atoms with Gasteiger partial charge >= 0.3 is 0 Å². The molecule has 0 atom stereocenters. The molecule has 0 fully saturated rings. The van der Waals surface area contributed by atoms with Crippen molar-refractivity contribution in [3.63, 3.8) is 0 Å². The van der Waals surface area contributed by atoms with E-state index in [9.17, 15) is 4.79 Å². The maximum Gasteiger partial charge on any atom is 0.240 e. The lowest BCUT2D eigenvalue weighted by atomic mass is 10.2. The number of aromatic nitrogens is 2. The van der Waals surface area contributed by atoms with Crippen molar-refractivity contribution in [2.45, 2.75) is 46.8 Å². The quantitative estimate of drug-likeness (QED) is 0.765. The summed E-state index contributed by atoms with van der Waals surface area (Å²) in [6.45, 7) is 10.3. The molecule has 0 aliphatic heterocycles. The van der Waals surface area contributed by atoms with Crippen LogP contribution in [0.5, 0.6) is 0 Å². The Balaban J connectivity index is 2.46. The van der Waals surface area contributed by atoms with Gasteiger partial charge in [-0.1, -0.05) is 13.8 Å². The van der Waals surface area contributed by atoms with E-state index in [2.05, 4.69) is 29.5 Å². The van der Waals surface area contributed by atoms with Crippen LogP contribution >= 0.6 is 0 Å². The second-order valence-electron chi connectivity index (χ2n) is 5.26. The Hall–Kier alpha value is -1.36. The lowest BCUT2D eigenvalue weighted by Crippen LogP contribution is -2.33. The maximum atomic E-state index is 11.7. The number of imidazole rings is 1.